The SMILES string of the molecule is C=CC(=O)CCC#CCSc1nc(Nc2cc(C)[nH]n2)cc(N2CCN(C)CC2)n1. The van der Waals surface area contributed by atoms with Gasteiger partial charge in [-0.15, -0.1) is 5.92 Å². The maximum atomic E-state index is 11.2. The topological polar surface area (TPSA) is 90.0 Å². The summed E-state index contributed by atoms with van der Waals surface area (Å²) in [6, 6.07) is 3.90. The number of aromatic nitrogens is 4. The van der Waals surface area contributed by atoms with Crippen molar-refractivity contribution in [3.05, 3.63) is 30.5 Å². The second-order valence-electron chi connectivity index (χ2n) is 7.06. The lowest BCUT2D eigenvalue weighted by Crippen LogP contribution is -2.44. The van der Waals surface area contributed by atoms with Crippen LogP contribution in [-0.4, -0.2) is 69.8 Å². The predicted molar refractivity (Wildman–Crippen MR) is 121 cm³/mol. The summed E-state index contributed by atoms with van der Waals surface area (Å²) < 4.78 is 0. The first-order valence-corrected chi connectivity index (χ1v) is 10.9. The second kappa shape index (κ2) is 10.8. The van der Waals surface area contributed by atoms with Crippen molar-refractivity contribution < 1.29 is 4.79 Å². The molecule has 0 aliphatic carbocycles. The van der Waals surface area contributed by atoms with Crippen LogP contribution in [0.2, 0.25) is 0 Å². The van der Waals surface area contributed by atoms with Crippen LogP contribution in [0, 0.1) is 18.8 Å². The number of anilines is 3. The van der Waals surface area contributed by atoms with Crippen molar-refractivity contribution >= 4 is 35.0 Å². The maximum absolute atomic E-state index is 11.2. The number of carbonyl (C=O) groups is 1. The molecular formula is C21H27N7OS. The van der Waals surface area contributed by atoms with Gasteiger partial charge in [-0.3, -0.25) is 9.89 Å². The largest absolute Gasteiger partial charge is 0.354 e. The number of hydrogen-bond donors (Lipinski definition) is 2. The summed E-state index contributed by atoms with van der Waals surface area (Å²) in [6.45, 7) is 9.28. The number of likely N-dealkylation sites (N-methyl/N-ethyl adjacent to an activating group) is 1. The van der Waals surface area contributed by atoms with Gasteiger partial charge in [-0.25, -0.2) is 9.97 Å². The summed E-state index contributed by atoms with van der Waals surface area (Å²) in [5.41, 5.74) is 0.977. The van der Waals surface area contributed by atoms with Crippen LogP contribution in [0.1, 0.15) is 18.5 Å². The highest BCUT2D eigenvalue weighted by atomic mass is 32.2. The van der Waals surface area contributed by atoms with Crippen LogP contribution in [0.25, 0.3) is 0 Å². The number of allylic oxidation sites excluding steroid dienone is 1. The average Bonchev–Trinajstić information content (AvgIpc) is 3.15. The molecule has 0 spiro atoms. The molecule has 1 aliphatic rings. The lowest BCUT2D eigenvalue weighted by atomic mass is 10.2. The Morgan fingerprint density at radius 2 is 2.07 bits per heavy atom. The Kier molecular flexibility index (Phi) is 7.88. The Balaban J connectivity index is 1.69. The Labute approximate surface area is 181 Å². The zero-order valence-corrected chi connectivity index (χ0v) is 18.3. The molecule has 2 N–H and O–H groups in total. The van der Waals surface area contributed by atoms with Crippen LogP contribution in [-0.2, 0) is 4.79 Å². The van der Waals surface area contributed by atoms with Gasteiger partial charge in [0.05, 0.1) is 5.75 Å². The Bertz CT molecular complexity index is 938. The molecule has 0 radical (unpaired) electrons. The number of piperazine rings is 1. The van der Waals surface area contributed by atoms with Gasteiger partial charge in [-0.05, 0) is 20.0 Å². The van der Waals surface area contributed by atoms with Gasteiger partial charge in [0.2, 0.25) is 0 Å². The maximum Gasteiger partial charge on any atom is 0.192 e. The first-order valence-electron chi connectivity index (χ1n) is 9.89. The van der Waals surface area contributed by atoms with Crippen molar-refractivity contribution in [2.75, 3.05) is 49.2 Å². The van der Waals surface area contributed by atoms with Crippen molar-refractivity contribution in [1.29, 1.82) is 0 Å². The molecule has 158 valence electrons. The van der Waals surface area contributed by atoms with Crippen molar-refractivity contribution in [3.8, 4) is 11.8 Å². The molecule has 0 amide bonds. The number of ketones is 1. The Morgan fingerprint density at radius 3 is 2.77 bits per heavy atom. The fourth-order valence-electron chi connectivity index (χ4n) is 2.88. The lowest BCUT2D eigenvalue weighted by Gasteiger charge is -2.33. The smallest absolute Gasteiger partial charge is 0.192 e. The van der Waals surface area contributed by atoms with Gasteiger partial charge in [0.1, 0.15) is 11.6 Å². The molecule has 3 heterocycles. The number of rotatable bonds is 8. The standard InChI is InChI=1S/C21H27N7OS/c1-4-17(29)8-6-5-7-13-30-21-23-18(22-19-14-16(2)25-26-19)15-20(24-21)28-11-9-27(3)10-12-28/h4,14-15H,1,6,8-13H2,2-3H3,(H2,22,23,24,25,26). The van der Waals surface area contributed by atoms with E-state index in [1.807, 2.05) is 19.1 Å². The predicted octanol–water partition coefficient (Wildman–Crippen LogP) is 2.63. The number of H-pyrrole nitrogens is 1. The Hall–Kier alpha value is -2.83. The van der Waals surface area contributed by atoms with Crippen LogP contribution >= 0.6 is 11.8 Å². The number of thioether (sulfide) groups is 1. The molecule has 2 aromatic heterocycles. The minimum absolute atomic E-state index is 0.0180. The van der Waals surface area contributed by atoms with Crippen molar-refractivity contribution in [2.45, 2.75) is 24.9 Å². The monoisotopic (exact) mass is 425 g/mol. The summed E-state index contributed by atoms with van der Waals surface area (Å²) >= 11 is 1.49. The zero-order chi connectivity index (χ0) is 21.3. The molecule has 1 fully saturated rings. The normalized spacial score (nSPS) is 14.1. The van der Waals surface area contributed by atoms with Crippen LogP contribution < -0.4 is 10.2 Å². The average molecular weight is 426 g/mol. The summed E-state index contributed by atoms with van der Waals surface area (Å²) in [5, 5.41) is 11.1. The molecule has 8 nitrogen and oxygen atoms in total. The van der Waals surface area contributed by atoms with E-state index in [9.17, 15) is 4.79 Å². The molecule has 9 heteroatoms. The molecule has 0 atom stereocenters. The summed E-state index contributed by atoms with van der Waals surface area (Å²) in [4.78, 5) is 25.2. The van der Waals surface area contributed by atoms with E-state index in [-0.39, 0.29) is 5.78 Å². The van der Waals surface area contributed by atoms with E-state index < -0.39 is 0 Å². The number of aromatic amines is 1. The van der Waals surface area contributed by atoms with E-state index in [2.05, 4.69) is 55.8 Å². The van der Waals surface area contributed by atoms with Crippen molar-refractivity contribution in [3.63, 3.8) is 0 Å². The zero-order valence-electron chi connectivity index (χ0n) is 17.4. The number of carbonyl (C=O) groups excluding carboxylic acids is 1. The highest BCUT2D eigenvalue weighted by molar-refractivity contribution is 7.99. The van der Waals surface area contributed by atoms with E-state index in [1.54, 1.807) is 0 Å². The van der Waals surface area contributed by atoms with Gasteiger partial charge in [-0.2, -0.15) is 5.10 Å². The van der Waals surface area contributed by atoms with Gasteiger partial charge in [0.25, 0.3) is 0 Å². The minimum atomic E-state index is 0.0180. The third-order valence-electron chi connectivity index (χ3n) is 4.60. The summed E-state index contributed by atoms with van der Waals surface area (Å²) in [5.74, 6) is 9.01. The van der Waals surface area contributed by atoms with Gasteiger partial charge in [0.15, 0.2) is 16.8 Å². The van der Waals surface area contributed by atoms with Gasteiger partial charge >= 0.3 is 0 Å². The highest BCUT2D eigenvalue weighted by Crippen LogP contribution is 2.24. The van der Waals surface area contributed by atoms with E-state index >= 15 is 0 Å². The molecule has 0 aromatic carbocycles. The van der Waals surface area contributed by atoms with Crippen LogP contribution in [0.4, 0.5) is 17.5 Å². The fourth-order valence-corrected chi connectivity index (χ4v) is 3.50. The van der Waals surface area contributed by atoms with Crippen molar-refractivity contribution in [2.24, 2.45) is 0 Å². The van der Waals surface area contributed by atoms with Gasteiger partial charge < -0.3 is 15.1 Å². The molecule has 0 bridgehead atoms. The van der Waals surface area contributed by atoms with E-state index in [0.717, 1.165) is 43.5 Å². The first-order chi connectivity index (χ1) is 14.5. The van der Waals surface area contributed by atoms with Crippen molar-refractivity contribution in [1.82, 2.24) is 25.1 Å². The van der Waals surface area contributed by atoms with E-state index in [0.29, 0.717) is 29.6 Å². The first kappa shape index (κ1) is 21.9. The van der Waals surface area contributed by atoms with Crippen LogP contribution in [0.3, 0.4) is 0 Å². The lowest BCUT2D eigenvalue weighted by molar-refractivity contribution is -0.114. The minimum Gasteiger partial charge on any atom is -0.354 e. The third kappa shape index (κ3) is 6.61. The van der Waals surface area contributed by atoms with Crippen LogP contribution in [0.15, 0.2) is 29.9 Å². The fraction of sp³-hybridized carbons (Fsp3) is 0.429. The summed E-state index contributed by atoms with van der Waals surface area (Å²) in [6.07, 6.45) is 2.29. The number of nitrogens with zero attached hydrogens (tertiary/aromatic N) is 5. The molecule has 0 saturated carbocycles. The molecule has 1 aliphatic heterocycles. The Morgan fingerprint density at radius 1 is 1.27 bits per heavy atom. The number of nitrogens with one attached hydrogen (secondary N) is 2. The molecule has 0 unspecified atom stereocenters. The summed E-state index contributed by atoms with van der Waals surface area (Å²) in [7, 11) is 2.13. The molecule has 3 rings (SSSR count). The number of aryl methyl sites for hydroxylation is 1. The quantitative estimate of drug-likeness (QED) is 0.289. The molecule has 2 aromatic rings. The molecular weight excluding hydrogens is 398 g/mol. The van der Waals surface area contributed by atoms with Gasteiger partial charge in [-0.1, -0.05) is 24.3 Å². The van der Waals surface area contributed by atoms with Gasteiger partial charge in [0, 0.05) is 56.8 Å². The van der Waals surface area contributed by atoms with Crippen LogP contribution in [0.5, 0.6) is 0 Å². The number of hydrogen-bond acceptors (Lipinski definition) is 8. The van der Waals surface area contributed by atoms with E-state index in [4.69, 9.17) is 4.98 Å². The third-order valence-corrected chi connectivity index (χ3v) is 5.33. The van der Waals surface area contributed by atoms with E-state index in [1.165, 1.54) is 17.8 Å². The highest BCUT2D eigenvalue weighted by Gasteiger charge is 2.17. The molecule has 1 saturated heterocycles. The second-order valence-corrected chi connectivity index (χ2v) is 8.00. The molecule has 30 heavy (non-hydrogen) atoms.